The number of benzene rings is 3. The second kappa shape index (κ2) is 11.2. The lowest BCUT2D eigenvalue weighted by Crippen LogP contribution is -2.60. The van der Waals surface area contributed by atoms with Crippen molar-refractivity contribution in [1.82, 2.24) is 8.61 Å². The number of sulfonamides is 2. The molecule has 0 amide bonds. The van der Waals surface area contributed by atoms with Gasteiger partial charge in [-0.2, -0.15) is 8.61 Å². The quantitative estimate of drug-likeness (QED) is 0.268. The normalized spacial score (nSPS) is 23.9. The first kappa shape index (κ1) is 28.9. The summed E-state index contributed by atoms with van der Waals surface area (Å²) in [5.74, 6) is -0.925. The molecule has 3 heterocycles. The van der Waals surface area contributed by atoms with Crippen molar-refractivity contribution in [2.75, 3.05) is 6.54 Å². The predicted molar refractivity (Wildman–Crippen MR) is 163 cm³/mol. The van der Waals surface area contributed by atoms with Crippen molar-refractivity contribution in [2.24, 2.45) is 5.92 Å². The molecular formula is C32H32N2O5S3. The first-order valence-corrected chi connectivity index (χ1v) is 17.6. The van der Waals surface area contributed by atoms with Crippen molar-refractivity contribution in [3.05, 3.63) is 118 Å². The fourth-order valence-electron chi connectivity index (χ4n) is 6.19. The average molecular weight is 621 g/mol. The van der Waals surface area contributed by atoms with Crippen LogP contribution in [0.2, 0.25) is 0 Å². The van der Waals surface area contributed by atoms with Crippen LogP contribution in [0.25, 0.3) is 0 Å². The molecule has 6 rings (SSSR count). The molecule has 218 valence electrons. The number of Topliss-reactive ketones (excluding diaryl/α,β-unsaturated/α-hetero) is 1. The Bertz CT molecular complexity index is 1790. The van der Waals surface area contributed by atoms with Gasteiger partial charge in [0.25, 0.3) is 0 Å². The molecule has 0 spiro atoms. The fraction of sp³-hybridized carbons (Fsp3) is 0.281. The van der Waals surface area contributed by atoms with Crippen molar-refractivity contribution in [2.45, 2.75) is 54.6 Å². The van der Waals surface area contributed by atoms with E-state index >= 15 is 0 Å². The van der Waals surface area contributed by atoms with E-state index in [0.29, 0.717) is 0 Å². The van der Waals surface area contributed by atoms with Crippen LogP contribution in [-0.2, 0) is 24.8 Å². The van der Waals surface area contributed by atoms with Gasteiger partial charge in [0.15, 0.2) is 0 Å². The highest BCUT2D eigenvalue weighted by atomic mass is 32.2. The van der Waals surface area contributed by atoms with Gasteiger partial charge in [-0.05, 0) is 61.5 Å². The topological polar surface area (TPSA) is 91.8 Å². The Morgan fingerprint density at radius 1 is 0.714 bits per heavy atom. The van der Waals surface area contributed by atoms with E-state index in [1.165, 1.54) is 19.9 Å². The number of hydrogen-bond donors (Lipinski definition) is 0. The number of rotatable bonds is 6. The average Bonchev–Trinajstić information content (AvgIpc) is 3.52. The Morgan fingerprint density at radius 3 is 1.88 bits per heavy atom. The molecule has 0 bridgehead atoms. The van der Waals surface area contributed by atoms with Gasteiger partial charge in [-0.1, -0.05) is 71.8 Å². The maximum absolute atomic E-state index is 14.4. The molecule has 0 saturated carbocycles. The largest absolute Gasteiger partial charge is 0.299 e. The molecule has 3 aromatic carbocycles. The van der Waals surface area contributed by atoms with Crippen LogP contribution in [0.15, 0.2) is 106 Å². The van der Waals surface area contributed by atoms with Crippen molar-refractivity contribution in [3.63, 3.8) is 0 Å². The Labute approximate surface area is 251 Å². The molecule has 0 aliphatic carbocycles. The number of carbonyl (C=O) groups is 1. The lowest BCUT2D eigenvalue weighted by molar-refractivity contribution is -0.132. The van der Waals surface area contributed by atoms with E-state index in [2.05, 4.69) is 0 Å². The molecule has 2 aliphatic rings. The minimum absolute atomic E-state index is 0.0127. The van der Waals surface area contributed by atoms with Crippen LogP contribution >= 0.6 is 11.3 Å². The Morgan fingerprint density at radius 2 is 1.31 bits per heavy atom. The SMILES string of the molecule is Cc1ccc(S(=O)(=O)N2C[C@H]3C(=O)C[C@@H](c4cccs4)N(S(=O)(=O)c4ccc(C)cc4)[C@H]3C[C@H]2c2ccccc2)cc1. The fourth-order valence-corrected chi connectivity index (χ4v) is 10.6. The van der Waals surface area contributed by atoms with Gasteiger partial charge < -0.3 is 0 Å². The zero-order valence-electron chi connectivity index (χ0n) is 23.3. The van der Waals surface area contributed by atoms with Gasteiger partial charge >= 0.3 is 0 Å². The van der Waals surface area contributed by atoms with Crippen molar-refractivity contribution < 1.29 is 21.6 Å². The summed E-state index contributed by atoms with van der Waals surface area (Å²) in [6.45, 7) is 3.69. The third-order valence-electron chi connectivity index (χ3n) is 8.38. The monoisotopic (exact) mass is 620 g/mol. The van der Waals surface area contributed by atoms with Crippen LogP contribution in [0.1, 0.15) is 46.5 Å². The summed E-state index contributed by atoms with van der Waals surface area (Å²) in [6, 6.07) is 24.4. The van der Waals surface area contributed by atoms with E-state index < -0.39 is 44.1 Å². The first-order chi connectivity index (χ1) is 20.1. The van der Waals surface area contributed by atoms with E-state index in [-0.39, 0.29) is 35.0 Å². The molecule has 0 radical (unpaired) electrons. The third-order valence-corrected chi connectivity index (χ3v) is 13.2. The highest BCUT2D eigenvalue weighted by Crippen LogP contribution is 2.48. The molecule has 2 aliphatic heterocycles. The molecule has 10 heteroatoms. The second-order valence-electron chi connectivity index (χ2n) is 11.1. The van der Waals surface area contributed by atoms with Gasteiger partial charge in [0, 0.05) is 29.8 Å². The van der Waals surface area contributed by atoms with Crippen molar-refractivity contribution >= 4 is 37.2 Å². The number of fused-ring (bicyclic) bond motifs is 1. The van der Waals surface area contributed by atoms with Crippen LogP contribution in [-0.4, -0.2) is 43.8 Å². The van der Waals surface area contributed by atoms with Crippen LogP contribution in [0.4, 0.5) is 0 Å². The maximum atomic E-state index is 14.4. The summed E-state index contributed by atoms with van der Waals surface area (Å²) in [6.07, 6.45) is 0.139. The Hall–Kier alpha value is -3.15. The van der Waals surface area contributed by atoms with Gasteiger partial charge in [-0.15, -0.1) is 11.3 Å². The Balaban J connectivity index is 1.49. The third kappa shape index (κ3) is 5.16. The number of thiophene rings is 1. The summed E-state index contributed by atoms with van der Waals surface area (Å²) >= 11 is 1.42. The highest BCUT2D eigenvalue weighted by molar-refractivity contribution is 7.89. The number of hydrogen-bond acceptors (Lipinski definition) is 6. The zero-order valence-corrected chi connectivity index (χ0v) is 25.8. The van der Waals surface area contributed by atoms with Crippen molar-refractivity contribution in [3.8, 4) is 0 Å². The lowest BCUT2D eigenvalue weighted by atomic mass is 9.78. The van der Waals surface area contributed by atoms with E-state index in [1.54, 1.807) is 48.5 Å². The van der Waals surface area contributed by atoms with E-state index in [9.17, 15) is 21.6 Å². The molecular weight excluding hydrogens is 589 g/mol. The van der Waals surface area contributed by atoms with E-state index in [4.69, 9.17) is 0 Å². The molecule has 1 aromatic heterocycles. The minimum Gasteiger partial charge on any atom is -0.299 e. The molecule has 42 heavy (non-hydrogen) atoms. The highest BCUT2D eigenvalue weighted by Gasteiger charge is 2.54. The number of carbonyl (C=O) groups excluding carboxylic acids is 1. The summed E-state index contributed by atoms with van der Waals surface area (Å²) < 4.78 is 60.0. The Kier molecular flexibility index (Phi) is 7.69. The number of piperidine rings is 2. The van der Waals surface area contributed by atoms with E-state index in [0.717, 1.165) is 21.6 Å². The molecule has 2 fully saturated rings. The zero-order chi connectivity index (χ0) is 29.6. The van der Waals surface area contributed by atoms with Crippen LogP contribution in [0.5, 0.6) is 0 Å². The lowest BCUT2D eigenvalue weighted by Gasteiger charge is -2.51. The number of ketones is 1. The molecule has 0 N–H and O–H groups in total. The molecule has 2 saturated heterocycles. The van der Waals surface area contributed by atoms with Gasteiger partial charge in [0.2, 0.25) is 20.0 Å². The van der Waals surface area contributed by atoms with Gasteiger partial charge in [-0.3, -0.25) is 4.79 Å². The second-order valence-corrected chi connectivity index (χ2v) is 15.8. The molecule has 4 atom stereocenters. The summed E-state index contributed by atoms with van der Waals surface area (Å²) in [5, 5.41) is 1.88. The molecule has 0 unspecified atom stereocenters. The first-order valence-electron chi connectivity index (χ1n) is 13.9. The van der Waals surface area contributed by atoms with Crippen LogP contribution < -0.4 is 0 Å². The summed E-state index contributed by atoms with van der Waals surface area (Å²) in [7, 11) is -8.05. The van der Waals surface area contributed by atoms with Gasteiger partial charge in [0.05, 0.1) is 21.9 Å². The smallest absolute Gasteiger partial charge is 0.243 e. The van der Waals surface area contributed by atoms with E-state index in [1.807, 2.05) is 61.7 Å². The minimum atomic E-state index is -4.04. The van der Waals surface area contributed by atoms with Crippen LogP contribution in [0.3, 0.4) is 0 Å². The number of nitrogens with zero attached hydrogens (tertiary/aromatic N) is 2. The molecule has 7 nitrogen and oxygen atoms in total. The summed E-state index contributed by atoms with van der Waals surface area (Å²) in [4.78, 5) is 15.0. The summed E-state index contributed by atoms with van der Waals surface area (Å²) in [5.41, 5.74) is 2.63. The number of aryl methyl sites for hydroxylation is 2. The predicted octanol–water partition coefficient (Wildman–Crippen LogP) is 5.89. The van der Waals surface area contributed by atoms with Crippen LogP contribution in [0, 0.1) is 19.8 Å². The maximum Gasteiger partial charge on any atom is 0.243 e. The van der Waals surface area contributed by atoms with Gasteiger partial charge in [0.1, 0.15) is 5.78 Å². The van der Waals surface area contributed by atoms with Gasteiger partial charge in [-0.25, -0.2) is 16.8 Å². The molecule has 4 aromatic rings. The van der Waals surface area contributed by atoms with Crippen molar-refractivity contribution in [1.29, 1.82) is 0 Å². The standard InChI is InChI=1S/C32H32N2O5S3/c1-22-10-14-25(15-11-22)41(36,37)33-21-27-29(19-28(33)24-7-4-3-5-8-24)34(30(20-31(27)35)32-9-6-18-40-32)42(38,39)26-16-12-23(2)13-17-26/h3-18,27-30H,19-21H2,1-2H3/t27-,28+,29+,30+/m1/s1.